The largest absolute Gasteiger partial charge is 0.254 e. The fourth-order valence-corrected chi connectivity index (χ4v) is 9.04. The molecule has 0 aliphatic heterocycles. The average molecular weight is 609 g/mol. The summed E-state index contributed by atoms with van der Waals surface area (Å²) in [6.07, 6.45) is 1.89. The molecule has 2 aromatic heterocycles. The summed E-state index contributed by atoms with van der Waals surface area (Å²) in [7, 11) is 0. The van der Waals surface area contributed by atoms with Gasteiger partial charge >= 0.3 is 0 Å². The summed E-state index contributed by atoms with van der Waals surface area (Å²) in [5.41, 5.74) is 22.7. The summed E-state index contributed by atoms with van der Waals surface area (Å²) in [5, 5.41) is 0. The second-order valence-corrected chi connectivity index (χ2v) is 15.6. The summed E-state index contributed by atoms with van der Waals surface area (Å²) < 4.78 is 0. The summed E-state index contributed by atoms with van der Waals surface area (Å²) in [6, 6.07) is 34.5. The van der Waals surface area contributed by atoms with E-state index in [0.29, 0.717) is 0 Å². The lowest BCUT2D eigenvalue weighted by atomic mass is 9.79. The number of aromatic nitrogens is 2. The minimum Gasteiger partial charge on any atom is -0.254 e. The zero-order chi connectivity index (χ0) is 32.6. The molecule has 0 bridgehead atoms. The molecule has 47 heavy (non-hydrogen) atoms. The molecule has 0 amide bonds. The van der Waals surface area contributed by atoms with Crippen molar-refractivity contribution in [2.45, 2.75) is 71.6 Å². The second kappa shape index (κ2) is 9.16. The molecule has 6 aromatic rings. The minimum atomic E-state index is -0.144. The molecule has 0 saturated carbocycles. The lowest BCUT2D eigenvalue weighted by Gasteiger charge is -2.24. The van der Waals surface area contributed by atoms with Gasteiger partial charge in [0, 0.05) is 28.0 Å². The van der Waals surface area contributed by atoms with E-state index in [9.17, 15) is 0 Å². The van der Waals surface area contributed by atoms with E-state index in [4.69, 9.17) is 9.97 Å². The van der Waals surface area contributed by atoms with Crippen LogP contribution >= 0.6 is 0 Å². The molecular weight excluding hydrogens is 569 g/mol. The van der Waals surface area contributed by atoms with Gasteiger partial charge in [0.1, 0.15) is 0 Å². The van der Waals surface area contributed by atoms with Crippen molar-refractivity contribution >= 4 is 0 Å². The van der Waals surface area contributed by atoms with E-state index in [1.165, 1.54) is 83.5 Å². The van der Waals surface area contributed by atoms with Crippen molar-refractivity contribution in [1.29, 1.82) is 0 Å². The fraction of sp³-hybridized carbons (Fsp3) is 0.244. The molecule has 3 aliphatic rings. The van der Waals surface area contributed by atoms with Crippen LogP contribution in [0, 0.1) is 13.8 Å². The van der Waals surface area contributed by atoms with Crippen molar-refractivity contribution in [2.75, 3.05) is 0 Å². The third-order valence-corrected chi connectivity index (χ3v) is 11.8. The Bertz CT molecular complexity index is 2350. The molecule has 0 fully saturated rings. The number of pyridine rings is 2. The van der Waals surface area contributed by atoms with E-state index in [1.54, 1.807) is 0 Å². The number of nitrogens with zero attached hydrogens (tertiary/aromatic N) is 2. The van der Waals surface area contributed by atoms with Crippen LogP contribution in [0.5, 0.6) is 0 Å². The number of rotatable bonds is 2. The fourth-order valence-electron chi connectivity index (χ4n) is 9.04. The Labute approximate surface area is 278 Å². The summed E-state index contributed by atoms with van der Waals surface area (Å²) in [4.78, 5) is 10.1. The van der Waals surface area contributed by atoms with Gasteiger partial charge in [-0.3, -0.25) is 4.98 Å². The van der Waals surface area contributed by atoms with Gasteiger partial charge in [0.25, 0.3) is 0 Å². The third-order valence-electron chi connectivity index (χ3n) is 11.8. The molecule has 2 heterocycles. The van der Waals surface area contributed by atoms with Gasteiger partial charge in [-0.2, -0.15) is 0 Å². The average Bonchev–Trinajstić information content (AvgIpc) is 3.52. The van der Waals surface area contributed by atoms with E-state index >= 15 is 0 Å². The van der Waals surface area contributed by atoms with Gasteiger partial charge in [0.05, 0.1) is 17.1 Å². The van der Waals surface area contributed by atoms with Gasteiger partial charge in [-0.15, -0.1) is 0 Å². The molecule has 0 atom stereocenters. The van der Waals surface area contributed by atoms with Gasteiger partial charge in [-0.1, -0.05) is 102 Å². The first-order chi connectivity index (χ1) is 22.4. The highest BCUT2D eigenvalue weighted by atomic mass is 14.8. The Morgan fingerprint density at radius 1 is 0.426 bits per heavy atom. The Balaban J connectivity index is 1.15. The maximum atomic E-state index is 5.30. The molecular formula is C45H40N2. The van der Waals surface area contributed by atoms with Crippen LogP contribution in [0.4, 0.5) is 0 Å². The maximum Gasteiger partial charge on any atom is 0.0937 e. The molecule has 0 N–H and O–H groups in total. The molecule has 9 rings (SSSR count). The molecule has 0 saturated heterocycles. The van der Waals surface area contributed by atoms with Crippen LogP contribution in [0.15, 0.2) is 97.2 Å². The van der Waals surface area contributed by atoms with Crippen LogP contribution in [-0.2, 0) is 16.2 Å². The highest BCUT2D eigenvalue weighted by Crippen LogP contribution is 2.54. The van der Waals surface area contributed by atoms with Crippen molar-refractivity contribution in [3.63, 3.8) is 0 Å². The van der Waals surface area contributed by atoms with Crippen molar-refractivity contribution < 1.29 is 0 Å². The molecule has 4 aromatic carbocycles. The van der Waals surface area contributed by atoms with E-state index in [1.807, 2.05) is 12.3 Å². The van der Waals surface area contributed by atoms with Crippen molar-refractivity contribution in [2.24, 2.45) is 0 Å². The molecule has 0 spiro atoms. The number of benzene rings is 4. The first-order valence-corrected chi connectivity index (χ1v) is 16.9. The zero-order valence-electron chi connectivity index (χ0n) is 28.6. The molecule has 3 aliphatic carbocycles. The lowest BCUT2D eigenvalue weighted by Crippen LogP contribution is -2.16. The minimum absolute atomic E-state index is 0.0184. The second-order valence-electron chi connectivity index (χ2n) is 15.6. The molecule has 0 unspecified atom stereocenters. The van der Waals surface area contributed by atoms with Gasteiger partial charge in [0.2, 0.25) is 0 Å². The zero-order valence-corrected chi connectivity index (χ0v) is 28.6. The highest BCUT2D eigenvalue weighted by Gasteiger charge is 2.40. The van der Waals surface area contributed by atoms with Crippen LogP contribution < -0.4 is 0 Å². The Kier molecular flexibility index (Phi) is 5.54. The number of aryl methyl sites for hydroxylation is 2. The van der Waals surface area contributed by atoms with Crippen molar-refractivity contribution in [3.8, 4) is 56.0 Å². The van der Waals surface area contributed by atoms with Gasteiger partial charge in [-0.05, 0) is 122 Å². The Morgan fingerprint density at radius 3 is 1.77 bits per heavy atom. The number of hydrogen-bond acceptors (Lipinski definition) is 2. The lowest BCUT2D eigenvalue weighted by molar-refractivity contribution is 0.657. The SMILES string of the molecule is Cc1cc2c(cc1-c1ccc3c(c1)C(C)(C)c1ccccc1-3)C(C)(C)c1cc(-c3ccc4c(n3)-c3ncccc3C4(C)C)c(C)cc1-2. The smallest absolute Gasteiger partial charge is 0.0937 e. The van der Waals surface area contributed by atoms with Crippen molar-refractivity contribution in [3.05, 3.63) is 142 Å². The van der Waals surface area contributed by atoms with Crippen LogP contribution in [0.3, 0.4) is 0 Å². The summed E-state index contributed by atoms with van der Waals surface area (Å²) in [6.45, 7) is 18.6. The molecule has 230 valence electrons. The van der Waals surface area contributed by atoms with Gasteiger partial charge in [0.15, 0.2) is 0 Å². The Morgan fingerprint density at radius 2 is 1.00 bits per heavy atom. The predicted octanol–water partition coefficient (Wildman–Crippen LogP) is 11.3. The molecule has 2 nitrogen and oxygen atoms in total. The summed E-state index contributed by atoms with van der Waals surface area (Å²) >= 11 is 0. The van der Waals surface area contributed by atoms with E-state index in [0.717, 1.165) is 17.1 Å². The topological polar surface area (TPSA) is 25.8 Å². The van der Waals surface area contributed by atoms with Crippen LogP contribution in [-0.4, -0.2) is 9.97 Å². The first-order valence-electron chi connectivity index (χ1n) is 16.9. The summed E-state index contributed by atoms with van der Waals surface area (Å²) in [5.74, 6) is 0. The molecule has 2 heteroatoms. The highest BCUT2D eigenvalue weighted by molar-refractivity contribution is 5.89. The standard InChI is InChI=1S/C45H40N2/c1-25-20-32-33-21-26(2)31(40-18-17-36-42(47-40)41-35(44(36,5)6)14-11-19-46-41)24-39(33)45(7,8)38(32)23-30(25)27-15-16-29-28-12-9-10-13-34(28)43(3,4)37(29)22-27/h9-24H,1-8H3. The third kappa shape index (κ3) is 3.67. The van der Waals surface area contributed by atoms with Gasteiger partial charge in [-0.25, -0.2) is 4.98 Å². The quantitative estimate of drug-likeness (QED) is 0.195. The molecule has 0 radical (unpaired) electrons. The van der Waals surface area contributed by atoms with E-state index in [2.05, 4.69) is 140 Å². The maximum absolute atomic E-state index is 5.30. The predicted molar refractivity (Wildman–Crippen MR) is 195 cm³/mol. The first kappa shape index (κ1) is 28.4. The van der Waals surface area contributed by atoms with Crippen LogP contribution in [0.1, 0.15) is 86.1 Å². The van der Waals surface area contributed by atoms with E-state index in [-0.39, 0.29) is 16.2 Å². The Hall–Kier alpha value is -4.82. The monoisotopic (exact) mass is 608 g/mol. The van der Waals surface area contributed by atoms with Crippen LogP contribution in [0.25, 0.3) is 56.0 Å². The van der Waals surface area contributed by atoms with Crippen LogP contribution in [0.2, 0.25) is 0 Å². The van der Waals surface area contributed by atoms with Crippen molar-refractivity contribution in [1.82, 2.24) is 9.97 Å². The normalized spacial score (nSPS) is 16.6. The van der Waals surface area contributed by atoms with Gasteiger partial charge < -0.3 is 0 Å². The van der Waals surface area contributed by atoms with E-state index < -0.39 is 0 Å². The number of fused-ring (bicyclic) bond motifs is 9. The number of hydrogen-bond donors (Lipinski definition) is 0.